The molecule has 72 valence electrons. The molecule has 1 aromatic rings. The Morgan fingerprint density at radius 1 is 1.31 bits per heavy atom. The highest BCUT2D eigenvalue weighted by molar-refractivity contribution is 9.10. The van der Waals surface area contributed by atoms with Crippen molar-refractivity contribution in [3.05, 3.63) is 28.2 Å². The summed E-state index contributed by atoms with van der Waals surface area (Å²) in [6.45, 7) is 4.30. The van der Waals surface area contributed by atoms with Gasteiger partial charge in [0.05, 0.1) is 0 Å². The summed E-state index contributed by atoms with van der Waals surface area (Å²) >= 11 is 3.33. The maximum Gasteiger partial charge on any atom is 0.120 e. The van der Waals surface area contributed by atoms with Crippen LogP contribution < -0.4 is 0 Å². The summed E-state index contributed by atoms with van der Waals surface area (Å²) in [4.78, 5) is 0. The van der Waals surface area contributed by atoms with Crippen LogP contribution >= 0.6 is 15.9 Å². The zero-order chi connectivity index (χ0) is 9.84. The molecular weight excluding hydrogens is 228 g/mol. The van der Waals surface area contributed by atoms with E-state index in [1.54, 1.807) is 6.07 Å². The molecule has 0 amide bonds. The lowest BCUT2D eigenvalue weighted by atomic mass is 9.93. The number of phenols is 1. The summed E-state index contributed by atoms with van der Waals surface area (Å²) in [5.74, 6) is 0.885. The quantitative estimate of drug-likeness (QED) is 0.848. The molecule has 0 atom stereocenters. The first kappa shape index (κ1) is 10.6. The lowest BCUT2D eigenvalue weighted by molar-refractivity contribution is 0.457. The van der Waals surface area contributed by atoms with E-state index in [-0.39, 0.29) is 0 Å². The first-order valence-electron chi connectivity index (χ1n) is 4.67. The van der Waals surface area contributed by atoms with Crippen LogP contribution in [-0.2, 0) is 0 Å². The molecule has 0 fully saturated rings. The Labute approximate surface area is 87.9 Å². The molecule has 0 bridgehead atoms. The number of hydrogen-bond acceptors (Lipinski definition) is 1. The van der Waals surface area contributed by atoms with E-state index in [0.29, 0.717) is 11.7 Å². The molecule has 1 aromatic carbocycles. The van der Waals surface area contributed by atoms with E-state index in [0.717, 1.165) is 22.9 Å². The molecule has 13 heavy (non-hydrogen) atoms. The predicted molar refractivity (Wildman–Crippen MR) is 59.1 cm³/mol. The number of halogens is 1. The first-order valence-corrected chi connectivity index (χ1v) is 5.46. The fourth-order valence-electron chi connectivity index (χ4n) is 1.59. The SMILES string of the molecule is CCC(CC)c1ccc(Br)cc1O. The molecule has 1 N–H and O–H groups in total. The second-order valence-electron chi connectivity index (χ2n) is 3.22. The van der Waals surface area contributed by atoms with E-state index >= 15 is 0 Å². The fraction of sp³-hybridized carbons (Fsp3) is 0.455. The van der Waals surface area contributed by atoms with Crippen LogP contribution in [0.25, 0.3) is 0 Å². The maximum absolute atomic E-state index is 9.69. The molecule has 0 saturated carbocycles. The van der Waals surface area contributed by atoms with Crippen molar-refractivity contribution in [2.24, 2.45) is 0 Å². The maximum atomic E-state index is 9.69. The van der Waals surface area contributed by atoms with E-state index in [1.807, 2.05) is 12.1 Å². The molecule has 0 spiro atoms. The minimum atomic E-state index is 0.406. The van der Waals surface area contributed by atoms with Crippen molar-refractivity contribution < 1.29 is 5.11 Å². The van der Waals surface area contributed by atoms with Crippen molar-refractivity contribution in [3.8, 4) is 5.75 Å². The van der Waals surface area contributed by atoms with E-state index in [9.17, 15) is 5.11 Å². The predicted octanol–water partition coefficient (Wildman–Crippen LogP) is 4.06. The Hall–Kier alpha value is -0.500. The van der Waals surface area contributed by atoms with Crippen LogP contribution in [0.5, 0.6) is 5.75 Å². The summed E-state index contributed by atoms with van der Waals surface area (Å²) in [7, 11) is 0. The van der Waals surface area contributed by atoms with E-state index in [2.05, 4.69) is 29.8 Å². The number of aromatic hydroxyl groups is 1. The average molecular weight is 243 g/mol. The molecule has 0 radical (unpaired) electrons. The molecule has 1 rings (SSSR count). The van der Waals surface area contributed by atoms with Crippen molar-refractivity contribution in [1.29, 1.82) is 0 Å². The van der Waals surface area contributed by atoms with Gasteiger partial charge in [-0.05, 0) is 36.5 Å². The molecule has 0 aliphatic heterocycles. The van der Waals surface area contributed by atoms with Gasteiger partial charge >= 0.3 is 0 Å². The molecule has 0 aromatic heterocycles. The number of rotatable bonds is 3. The Morgan fingerprint density at radius 3 is 2.38 bits per heavy atom. The smallest absolute Gasteiger partial charge is 0.120 e. The largest absolute Gasteiger partial charge is 0.508 e. The Kier molecular flexibility index (Phi) is 3.79. The summed E-state index contributed by atoms with van der Waals surface area (Å²) in [6, 6.07) is 5.73. The normalized spacial score (nSPS) is 10.8. The lowest BCUT2D eigenvalue weighted by Crippen LogP contribution is -1.95. The standard InChI is InChI=1S/C11H15BrO/c1-3-8(4-2)10-6-5-9(12)7-11(10)13/h5-8,13H,3-4H2,1-2H3. The van der Waals surface area contributed by atoms with Gasteiger partial charge in [-0.25, -0.2) is 0 Å². The van der Waals surface area contributed by atoms with Crippen LogP contribution in [0, 0.1) is 0 Å². The molecule has 0 saturated heterocycles. The van der Waals surface area contributed by atoms with Crippen LogP contribution in [0.15, 0.2) is 22.7 Å². The van der Waals surface area contributed by atoms with E-state index in [1.165, 1.54) is 0 Å². The highest BCUT2D eigenvalue weighted by atomic mass is 79.9. The highest BCUT2D eigenvalue weighted by Gasteiger charge is 2.11. The van der Waals surface area contributed by atoms with Crippen molar-refractivity contribution in [1.82, 2.24) is 0 Å². The zero-order valence-electron chi connectivity index (χ0n) is 8.05. The van der Waals surface area contributed by atoms with Crippen LogP contribution in [0.3, 0.4) is 0 Å². The van der Waals surface area contributed by atoms with Crippen molar-refractivity contribution in [2.45, 2.75) is 32.6 Å². The average Bonchev–Trinajstić information content (AvgIpc) is 2.10. The lowest BCUT2D eigenvalue weighted by Gasteiger charge is -2.14. The number of hydrogen-bond donors (Lipinski definition) is 1. The molecule has 0 aliphatic rings. The van der Waals surface area contributed by atoms with Gasteiger partial charge in [-0.3, -0.25) is 0 Å². The second-order valence-corrected chi connectivity index (χ2v) is 4.13. The van der Waals surface area contributed by atoms with E-state index < -0.39 is 0 Å². The Bertz CT molecular complexity index is 279. The minimum Gasteiger partial charge on any atom is -0.508 e. The van der Waals surface area contributed by atoms with Gasteiger partial charge in [0.1, 0.15) is 5.75 Å². The summed E-state index contributed by atoms with van der Waals surface area (Å²) < 4.78 is 0.930. The molecule has 0 heterocycles. The van der Waals surface area contributed by atoms with Crippen LogP contribution in [0.4, 0.5) is 0 Å². The summed E-state index contributed by atoms with van der Waals surface area (Å²) in [6.07, 6.45) is 2.15. The molecule has 0 unspecified atom stereocenters. The van der Waals surface area contributed by atoms with Gasteiger partial charge in [0.15, 0.2) is 0 Å². The third-order valence-electron chi connectivity index (χ3n) is 2.42. The third kappa shape index (κ3) is 2.47. The molecular formula is C11H15BrO. The van der Waals surface area contributed by atoms with Gasteiger partial charge < -0.3 is 5.11 Å². The Morgan fingerprint density at radius 2 is 1.92 bits per heavy atom. The van der Waals surface area contributed by atoms with Crippen molar-refractivity contribution >= 4 is 15.9 Å². The van der Waals surface area contributed by atoms with Gasteiger partial charge in [0, 0.05) is 4.47 Å². The highest BCUT2D eigenvalue weighted by Crippen LogP contribution is 2.32. The van der Waals surface area contributed by atoms with Crippen LogP contribution in [0.1, 0.15) is 38.2 Å². The van der Waals surface area contributed by atoms with E-state index in [4.69, 9.17) is 0 Å². The van der Waals surface area contributed by atoms with Crippen LogP contribution in [-0.4, -0.2) is 5.11 Å². The third-order valence-corrected chi connectivity index (χ3v) is 2.91. The van der Waals surface area contributed by atoms with Gasteiger partial charge in [-0.2, -0.15) is 0 Å². The Balaban J connectivity index is 2.99. The van der Waals surface area contributed by atoms with Crippen molar-refractivity contribution in [3.63, 3.8) is 0 Å². The minimum absolute atomic E-state index is 0.406. The van der Waals surface area contributed by atoms with Gasteiger partial charge in [-0.1, -0.05) is 35.8 Å². The zero-order valence-corrected chi connectivity index (χ0v) is 9.63. The van der Waals surface area contributed by atoms with Gasteiger partial charge in [0.2, 0.25) is 0 Å². The number of phenolic OH excluding ortho intramolecular Hbond substituents is 1. The molecule has 2 heteroatoms. The monoisotopic (exact) mass is 242 g/mol. The fourth-order valence-corrected chi connectivity index (χ4v) is 1.94. The van der Waals surface area contributed by atoms with Gasteiger partial charge in [0.25, 0.3) is 0 Å². The summed E-state index contributed by atoms with van der Waals surface area (Å²) in [5, 5.41) is 9.69. The molecule has 1 nitrogen and oxygen atoms in total. The topological polar surface area (TPSA) is 20.2 Å². The van der Waals surface area contributed by atoms with Gasteiger partial charge in [-0.15, -0.1) is 0 Å². The molecule has 0 aliphatic carbocycles. The summed E-state index contributed by atoms with van der Waals surface area (Å²) in [5.41, 5.74) is 1.06. The van der Waals surface area contributed by atoms with Crippen LogP contribution in [0.2, 0.25) is 0 Å². The number of benzene rings is 1. The van der Waals surface area contributed by atoms with Crippen molar-refractivity contribution in [2.75, 3.05) is 0 Å². The second kappa shape index (κ2) is 4.66. The first-order chi connectivity index (χ1) is 6.19.